The van der Waals surface area contributed by atoms with E-state index in [-0.39, 0.29) is 23.3 Å². The highest BCUT2D eigenvalue weighted by Gasteiger charge is 2.33. The predicted molar refractivity (Wildman–Crippen MR) is 125 cm³/mol. The molecule has 1 amide bonds. The highest BCUT2D eigenvalue weighted by atomic mass is 32.2. The average Bonchev–Trinajstić information content (AvgIpc) is 2.82. The van der Waals surface area contributed by atoms with Crippen molar-refractivity contribution in [2.45, 2.75) is 24.7 Å². The minimum Gasteiger partial charge on any atom is -0.492 e. The van der Waals surface area contributed by atoms with Gasteiger partial charge in [-0.3, -0.25) is 4.79 Å². The number of amides is 1. The number of nitrogens with one attached hydrogen (secondary N) is 1. The molecule has 1 aliphatic heterocycles. The van der Waals surface area contributed by atoms with Crippen LogP contribution in [0.4, 0.5) is 0 Å². The Balaban J connectivity index is 1.28. The Morgan fingerprint density at radius 2 is 1.81 bits per heavy atom. The van der Waals surface area contributed by atoms with Gasteiger partial charge in [-0.2, -0.15) is 4.31 Å². The molecule has 1 unspecified atom stereocenters. The fraction of sp³-hybridized carbons (Fsp3) is 0.320. The molecular weight excluding hydrogens is 424 g/mol. The van der Waals surface area contributed by atoms with Gasteiger partial charge in [0.05, 0.1) is 17.4 Å². The predicted octanol–water partition coefficient (Wildman–Crippen LogP) is 3.74. The Morgan fingerprint density at radius 1 is 1.06 bits per heavy atom. The minimum absolute atomic E-state index is 0.129. The van der Waals surface area contributed by atoms with Gasteiger partial charge in [-0.05, 0) is 54.8 Å². The van der Waals surface area contributed by atoms with Crippen molar-refractivity contribution >= 4 is 26.7 Å². The lowest BCUT2D eigenvalue weighted by molar-refractivity contribution is -0.126. The molecule has 3 aromatic carbocycles. The van der Waals surface area contributed by atoms with Crippen LogP contribution < -0.4 is 10.1 Å². The largest absolute Gasteiger partial charge is 0.492 e. The molecule has 1 fully saturated rings. The number of carbonyl (C=O) groups is 1. The summed E-state index contributed by atoms with van der Waals surface area (Å²) in [6.07, 6.45) is 1.34. The SMILES string of the molecule is Cc1ccc(S(=O)(=O)N2CCCC(C(=O)NCCOc3ccc4ccccc4c3)C2)cc1. The van der Waals surface area contributed by atoms with Crippen molar-refractivity contribution in [1.29, 1.82) is 0 Å². The normalized spacial score (nSPS) is 17.2. The number of ether oxygens (including phenoxy) is 1. The van der Waals surface area contributed by atoms with Gasteiger partial charge >= 0.3 is 0 Å². The van der Waals surface area contributed by atoms with E-state index < -0.39 is 10.0 Å². The first kappa shape index (κ1) is 22.3. The summed E-state index contributed by atoms with van der Waals surface area (Å²) in [4.78, 5) is 12.9. The lowest BCUT2D eigenvalue weighted by Gasteiger charge is -2.31. The van der Waals surface area contributed by atoms with E-state index in [2.05, 4.69) is 5.32 Å². The monoisotopic (exact) mass is 452 g/mol. The zero-order valence-corrected chi connectivity index (χ0v) is 19.0. The molecule has 7 heteroatoms. The minimum atomic E-state index is -3.60. The number of nitrogens with zero attached hydrogens (tertiary/aromatic N) is 1. The van der Waals surface area contributed by atoms with Gasteiger partial charge in [-0.1, -0.05) is 48.0 Å². The number of fused-ring (bicyclic) bond motifs is 1. The molecule has 0 aliphatic carbocycles. The molecule has 0 aromatic heterocycles. The first-order valence-electron chi connectivity index (χ1n) is 10.9. The van der Waals surface area contributed by atoms with Crippen LogP contribution in [-0.2, 0) is 14.8 Å². The van der Waals surface area contributed by atoms with Gasteiger partial charge in [0.15, 0.2) is 0 Å². The van der Waals surface area contributed by atoms with Gasteiger partial charge in [-0.15, -0.1) is 0 Å². The maximum atomic E-state index is 13.0. The van der Waals surface area contributed by atoms with Crippen LogP contribution in [0.2, 0.25) is 0 Å². The van der Waals surface area contributed by atoms with E-state index in [1.54, 1.807) is 24.3 Å². The number of aryl methyl sites for hydroxylation is 1. The van der Waals surface area contributed by atoms with Gasteiger partial charge < -0.3 is 10.1 Å². The molecule has 1 heterocycles. The average molecular weight is 453 g/mol. The topological polar surface area (TPSA) is 75.7 Å². The van der Waals surface area contributed by atoms with Crippen molar-refractivity contribution in [2.24, 2.45) is 5.92 Å². The molecule has 1 atom stereocenters. The molecule has 0 radical (unpaired) electrons. The summed E-state index contributed by atoms with van der Waals surface area (Å²) in [5, 5.41) is 5.15. The third kappa shape index (κ3) is 5.11. The second-order valence-electron chi connectivity index (χ2n) is 8.16. The molecule has 6 nitrogen and oxygen atoms in total. The number of sulfonamides is 1. The molecule has 32 heavy (non-hydrogen) atoms. The quantitative estimate of drug-likeness (QED) is 0.554. The smallest absolute Gasteiger partial charge is 0.243 e. The van der Waals surface area contributed by atoms with E-state index in [1.807, 2.05) is 49.4 Å². The van der Waals surface area contributed by atoms with E-state index in [4.69, 9.17) is 4.74 Å². The lowest BCUT2D eigenvalue weighted by atomic mass is 9.99. The maximum Gasteiger partial charge on any atom is 0.243 e. The molecule has 4 rings (SSSR count). The maximum absolute atomic E-state index is 13.0. The van der Waals surface area contributed by atoms with Crippen LogP contribution in [0.1, 0.15) is 18.4 Å². The summed E-state index contributed by atoms with van der Waals surface area (Å²) in [5.74, 6) is 0.270. The van der Waals surface area contributed by atoms with Gasteiger partial charge in [0.2, 0.25) is 15.9 Å². The molecule has 1 saturated heterocycles. The van der Waals surface area contributed by atoms with E-state index in [1.165, 1.54) is 4.31 Å². The summed E-state index contributed by atoms with van der Waals surface area (Å²) in [6.45, 7) is 3.27. The van der Waals surface area contributed by atoms with Crippen LogP contribution in [0.25, 0.3) is 10.8 Å². The van der Waals surface area contributed by atoms with Crippen LogP contribution in [0.15, 0.2) is 71.6 Å². The molecular formula is C25H28N2O4S. The third-order valence-electron chi connectivity index (χ3n) is 5.80. The molecule has 0 spiro atoms. The summed E-state index contributed by atoms with van der Waals surface area (Å²) in [7, 11) is -3.60. The summed E-state index contributed by atoms with van der Waals surface area (Å²) in [5.41, 5.74) is 1.01. The van der Waals surface area contributed by atoms with E-state index in [9.17, 15) is 13.2 Å². The lowest BCUT2D eigenvalue weighted by Crippen LogP contribution is -2.45. The molecule has 1 N–H and O–H groups in total. The Labute approximate surface area is 189 Å². The van der Waals surface area contributed by atoms with Crippen molar-refractivity contribution in [2.75, 3.05) is 26.2 Å². The number of benzene rings is 3. The first-order valence-corrected chi connectivity index (χ1v) is 12.3. The first-order chi connectivity index (χ1) is 15.4. The summed E-state index contributed by atoms with van der Waals surface area (Å²) in [6, 6.07) is 20.8. The zero-order valence-electron chi connectivity index (χ0n) is 18.2. The van der Waals surface area contributed by atoms with Crippen LogP contribution in [-0.4, -0.2) is 44.9 Å². The van der Waals surface area contributed by atoms with Crippen LogP contribution in [0.3, 0.4) is 0 Å². The zero-order chi connectivity index (χ0) is 22.6. The van der Waals surface area contributed by atoms with Gasteiger partial charge in [0.1, 0.15) is 12.4 Å². The Morgan fingerprint density at radius 3 is 2.59 bits per heavy atom. The number of rotatable bonds is 7. The molecule has 0 bridgehead atoms. The highest BCUT2D eigenvalue weighted by molar-refractivity contribution is 7.89. The Kier molecular flexibility index (Phi) is 6.77. The third-order valence-corrected chi connectivity index (χ3v) is 7.68. The van der Waals surface area contributed by atoms with Crippen molar-refractivity contribution in [3.05, 3.63) is 72.3 Å². The fourth-order valence-corrected chi connectivity index (χ4v) is 5.50. The van der Waals surface area contributed by atoms with Crippen molar-refractivity contribution < 1.29 is 17.9 Å². The second kappa shape index (κ2) is 9.71. The molecule has 1 aliphatic rings. The summed E-state index contributed by atoms with van der Waals surface area (Å²) < 4.78 is 33.1. The fourth-order valence-electron chi connectivity index (χ4n) is 3.98. The summed E-state index contributed by atoms with van der Waals surface area (Å²) >= 11 is 0. The number of carbonyl (C=O) groups excluding carboxylic acids is 1. The molecule has 168 valence electrons. The van der Waals surface area contributed by atoms with Crippen molar-refractivity contribution in [3.8, 4) is 5.75 Å². The highest BCUT2D eigenvalue weighted by Crippen LogP contribution is 2.24. The van der Waals surface area contributed by atoms with Crippen molar-refractivity contribution in [3.63, 3.8) is 0 Å². The molecule has 3 aromatic rings. The Bertz CT molecular complexity index is 1190. The van der Waals surface area contributed by atoms with Gasteiger partial charge in [-0.25, -0.2) is 8.42 Å². The van der Waals surface area contributed by atoms with Crippen molar-refractivity contribution in [1.82, 2.24) is 9.62 Å². The molecule has 0 saturated carbocycles. The van der Waals surface area contributed by atoms with E-state index in [0.717, 1.165) is 22.1 Å². The van der Waals surface area contributed by atoms with Crippen LogP contribution in [0, 0.1) is 12.8 Å². The van der Waals surface area contributed by atoms with Gasteiger partial charge in [0.25, 0.3) is 0 Å². The van der Waals surface area contributed by atoms with E-state index >= 15 is 0 Å². The van der Waals surface area contributed by atoms with Gasteiger partial charge in [0, 0.05) is 13.1 Å². The number of hydrogen-bond acceptors (Lipinski definition) is 4. The number of piperidine rings is 1. The standard InChI is InChI=1S/C25H28N2O4S/c1-19-8-12-24(13-9-19)32(29,30)27-15-4-7-22(18-27)25(28)26-14-16-31-23-11-10-20-5-2-3-6-21(20)17-23/h2-3,5-6,8-13,17,22H,4,7,14-16,18H2,1H3,(H,26,28). The second-order valence-corrected chi connectivity index (χ2v) is 10.1. The van der Waals surface area contributed by atoms with Crippen LogP contribution >= 0.6 is 0 Å². The van der Waals surface area contributed by atoms with E-state index in [0.29, 0.717) is 32.5 Å². The van der Waals surface area contributed by atoms with Crippen LogP contribution in [0.5, 0.6) is 5.75 Å². The number of hydrogen-bond donors (Lipinski definition) is 1. The Hall–Kier alpha value is -2.90.